The molecule has 0 saturated heterocycles. The van der Waals surface area contributed by atoms with Crippen LogP contribution in [0.5, 0.6) is 0 Å². The lowest BCUT2D eigenvalue weighted by Gasteiger charge is -2.05. The Kier molecular flexibility index (Phi) is 2.19. The van der Waals surface area contributed by atoms with Crippen molar-refractivity contribution < 1.29 is 4.42 Å². The standard InChI is InChI=1S/C13H11N3O2/c1-7-5-9-8(3-2-4-11(9)18-7)12-10(14)6-15-13(17)16-12/h2-6H,14H2,1H3,(H,15,16,17). The van der Waals surface area contributed by atoms with Crippen LogP contribution in [0.4, 0.5) is 5.69 Å². The molecule has 0 radical (unpaired) electrons. The SMILES string of the molecule is Cc1cc2c(-c3[nH]c(=O)ncc3N)cccc2o1. The van der Waals surface area contributed by atoms with E-state index >= 15 is 0 Å². The highest BCUT2D eigenvalue weighted by molar-refractivity contribution is 5.95. The third kappa shape index (κ3) is 1.57. The van der Waals surface area contributed by atoms with Crippen LogP contribution in [0.25, 0.3) is 22.2 Å². The molecule has 1 aromatic carbocycles. The Morgan fingerprint density at radius 3 is 3.06 bits per heavy atom. The van der Waals surface area contributed by atoms with Crippen molar-refractivity contribution in [1.29, 1.82) is 0 Å². The molecule has 0 aliphatic rings. The predicted octanol–water partition coefficient (Wildman–Crippen LogP) is 2.07. The maximum Gasteiger partial charge on any atom is 0.345 e. The highest BCUT2D eigenvalue weighted by Crippen LogP contribution is 2.31. The zero-order chi connectivity index (χ0) is 12.7. The van der Waals surface area contributed by atoms with E-state index < -0.39 is 5.69 Å². The Labute approximate surface area is 102 Å². The second-order valence-electron chi connectivity index (χ2n) is 4.09. The third-order valence-electron chi connectivity index (χ3n) is 2.80. The van der Waals surface area contributed by atoms with Gasteiger partial charge in [0.05, 0.1) is 17.6 Å². The zero-order valence-corrected chi connectivity index (χ0v) is 9.73. The average molecular weight is 241 g/mol. The summed E-state index contributed by atoms with van der Waals surface area (Å²) in [5.41, 5.74) is 8.04. The highest BCUT2D eigenvalue weighted by Gasteiger charge is 2.11. The number of aryl methyl sites for hydroxylation is 1. The maximum absolute atomic E-state index is 11.3. The molecule has 3 aromatic rings. The smallest absolute Gasteiger partial charge is 0.345 e. The van der Waals surface area contributed by atoms with Crippen LogP contribution in [0.15, 0.2) is 39.7 Å². The fourth-order valence-electron chi connectivity index (χ4n) is 2.03. The molecular weight excluding hydrogens is 230 g/mol. The van der Waals surface area contributed by atoms with Crippen molar-refractivity contribution >= 4 is 16.7 Å². The Morgan fingerprint density at radius 2 is 2.22 bits per heavy atom. The molecule has 2 heterocycles. The van der Waals surface area contributed by atoms with Gasteiger partial charge in [0.15, 0.2) is 0 Å². The van der Waals surface area contributed by atoms with Gasteiger partial charge in [-0.05, 0) is 19.1 Å². The number of nitrogens with zero attached hydrogens (tertiary/aromatic N) is 1. The molecule has 0 fully saturated rings. The van der Waals surface area contributed by atoms with Crippen molar-refractivity contribution in [3.63, 3.8) is 0 Å². The van der Waals surface area contributed by atoms with E-state index in [-0.39, 0.29) is 0 Å². The van der Waals surface area contributed by atoms with E-state index in [0.717, 1.165) is 22.3 Å². The lowest BCUT2D eigenvalue weighted by atomic mass is 10.1. The molecule has 0 aliphatic heterocycles. The number of H-pyrrole nitrogens is 1. The monoisotopic (exact) mass is 241 g/mol. The molecule has 0 atom stereocenters. The highest BCUT2D eigenvalue weighted by atomic mass is 16.3. The minimum Gasteiger partial charge on any atom is -0.461 e. The summed E-state index contributed by atoms with van der Waals surface area (Å²) in [6.45, 7) is 1.88. The first-order valence-electron chi connectivity index (χ1n) is 5.49. The van der Waals surface area contributed by atoms with Crippen molar-refractivity contribution in [2.24, 2.45) is 0 Å². The summed E-state index contributed by atoms with van der Waals surface area (Å²) < 4.78 is 5.55. The number of nitrogens with two attached hydrogens (primary N) is 1. The van der Waals surface area contributed by atoms with E-state index in [1.807, 2.05) is 31.2 Å². The summed E-state index contributed by atoms with van der Waals surface area (Å²) in [5, 5.41) is 0.920. The molecule has 3 N–H and O–H groups in total. The van der Waals surface area contributed by atoms with Gasteiger partial charge in [-0.1, -0.05) is 12.1 Å². The lowest BCUT2D eigenvalue weighted by Crippen LogP contribution is -2.12. The van der Waals surface area contributed by atoms with Gasteiger partial charge in [-0.25, -0.2) is 4.79 Å². The molecule has 5 heteroatoms. The fourth-order valence-corrected chi connectivity index (χ4v) is 2.03. The van der Waals surface area contributed by atoms with Crippen LogP contribution in [-0.2, 0) is 0 Å². The largest absolute Gasteiger partial charge is 0.461 e. The minimum atomic E-state index is -0.420. The number of nitrogens with one attached hydrogen (secondary N) is 1. The number of rotatable bonds is 1. The van der Waals surface area contributed by atoms with Crippen LogP contribution in [0.3, 0.4) is 0 Å². The summed E-state index contributed by atoms with van der Waals surface area (Å²) in [4.78, 5) is 17.6. The van der Waals surface area contributed by atoms with Crippen LogP contribution < -0.4 is 11.4 Å². The van der Waals surface area contributed by atoms with E-state index in [2.05, 4.69) is 9.97 Å². The first-order valence-corrected chi connectivity index (χ1v) is 5.49. The molecule has 0 unspecified atom stereocenters. The number of aromatic nitrogens is 2. The normalized spacial score (nSPS) is 10.9. The van der Waals surface area contributed by atoms with Crippen LogP contribution in [0, 0.1) is 6.92 Å². The molecule has 0 aliphatic carbocycles. The molecule has 0 amide bonds. The fraction of sp³-hybridized carbons (Fsp3) is 0.0769. The number of fused-ring (bicyclic) bond motifs is 1. The Balaban J connectivity index is 2.37. The number of benzene rings is 1. The van der Waals surface area contributed by atoms with Crippen molar-refractivity contribution in [2.45, 2.75) is 6.92 Å². The first-order chi connectivity index (χ1) is 8.65. The van der Waals surface area contributed by atoms with Gasteiger partial charge in [-0.2, -0.15) is 4.98 Å². The van der Waals surface area contributed by atoms with Crippen LogP contribution in [0.2, 0.25) is 0 Å². The van der Waals surface area contributed by atoms with Gasteiger partial charge in [0.2, 0.25) is 0 Å². The number of furan rings is 1. The van der Waals surface area contributed by atoms with Gasteiger partial charge in [0.1, 0.15) is 11.3 Å². The van der Waals surface area contributed by atoms with Crippen LogP contribution in [-0.4, -0.2) is 9.97 Å². The Morgan fingerprint density at radius 1 is 1.39 bits per heavy atom. The zero-order valence-electron chi connectivity index (χ0n) is 9.73. The van der Waals surface area contributed by atoms with Crippen molar-refractivity contribution in [3.05, 3.63) is 46.7 Å². The average Bonchev–Trinajstić information content (AvgIpc) is 2.72. The van der Waals surface area contributed by atoms with E-state index in [1.165, 1.54) is 6.20 Å². The predicted molar refractivity (Wildman–Crippen MR) is 69.2 cm³/mol. The molecule has 0 bridgehead atoms. The summed E-state index contributed by atoms with van der Waals surface area (Å²) >= 11 is 0. The molecule has 0 spiro atoms. The van der Waals surface area contributed by atoms with Gasteiger partial charge in [0, 0.05) is 10.9 Å². The van der Waals surface area contributed by atoms with Gasteiger partial charge < -0.3 is 15.1 Å². The summed E-state index contributed by atoms with van der Waals surface area (Å²) in [6.07, 6.45) is 1.36. The van der Waals surface area contributed by atoms with Gasteiger partial charge in [-0.15, -0.1) is 0 Å². The molecule has 18 heavy (non-hydrogen) atoms. The maximum atomic E-state index is 11.3. The van der Waals surface area contributed by atoms with Crippen molar-refractivity contribution in [1.82, 2.24) is 9.97 Å². The second kappa shape index (κ2) is 3.73. The molecular formula is C13H11N3O2. The summed E-state index contributed by atoms with van der Waals surface area (Å²) in [6, 6.07) is 7.54. The molecule has 0 saturated carbocycles. The Hall–Kier alpha value is -2.56. The van der Waals surface area contributed by atoms with Crippen LogP contribution >= 0.6 is 0 Å². The summed E-state index contributed by atoms with van der Waals surface area (Å²) in [7, 11) is 0. The number of hydrogen-bond acceptors (Lipinski definition) is 4. The van der Waals surface area contributed by atoms with Crippen LogP contribution in [0.1, 0.15) is 5.76 Å². The molecule has 5 nitrogen and oxygen atoms in total. The number of nitrogen functional groups attached to an aromatic ring is 1. The molecule has 2 aromatic heterocycles. The molecule has 90 valence electrons. The van der Waals surface area contributed by atoms with Crippen molar-refractivity contribution in [3.8, 4) is 11.3 Å². The van der Waals surface area contributed by atoms with Gasteiger partial charge >= 0.3 is 5.69 Å². The Bertz CT molecular complexity index is 786. The van der Waals surface area contributed by atoms with Crippen molar-refractivity contribution in [2.75, 3.05) is 5.73 Å². The topological polar surface area (TPSA) is 84.9 Å². The second-order valence-corrected chi connectivity index (χ2v) is 4.09. The van der Waals surface area contributed by atoms with Gasteiger partial charge in [-0.3, -0.25) is 0 Å². The van der Waals surface area contributed by atoms with E-state index in [4.69, 9.17) is 10.2 Å². The van der Waals surface area contributed by atoms with Gasteiger partial charge in [0.25, 0.3) is 0 Å². The van der Waals surface area contributed by atoms with E-state index in [0.29, 0.717) is 11.4 Å². The number of aromatic amines is 1. The minimum absolute atomic E-state index is 0.420. The summed E-state index contributed by atoms with van der Waals surface area (Å²) in [5.74, 6) is 0.812. The lowest BCUT2D eigenvalue weighted by molar-refractivity contribution is 0.578. The molecule has 3 rings (SSSR count). The third-order valence-corrected chi connectivity index (χ3v) is 2.80. The number of hydrogen-bond donors (Lipinski definition) is 2. The quantitative estimate of drug-likeness (QED) is 0.683. The first kappa shape index (κ1) is 10.6. The number of anilines is 1. The van der Waals surface area contributed by atoms with E-state index in [1.54, 1.807) is 0 Å². The van der Waals surface area contributed by atoms with E-state index in [9.17, 15) is 4.79 Å².